The molecule has 0 aliphatic carbocycles. The molecule has 0 amide bonds. The molecule has 16 heteroatoms. The second-order valence-corrected chi connectivity index (χ2v) is 15.2. The van der Waals surface area contributed by atoms with E-state index in [4.69, 9.17) is 123 Å². The molecule has 56 heavy (non-hydrogen) atoms. The normalized spacial score (nSPS) is 12.1. The van der Waals surface area contributed by atoms with Gasteiger partial charge in [0, 0.05) is 85.0 Å². The van der Waals surface area contributed by atoms with Crippen molar-refractivity contribution in [2.24, 2.45) is 0 Å². The van der Waals surface area contributed by atoms with Crippen molar-refractivity contribution >= 4 is 137 Å². The van der Waals surface area contributed by atoms with E-state index in [0.717, 1.165) is 60.8 Å². The Hall–Kier alpha value is -3.44. The lowest BCUT2D eigenvalue weighted by Crippen LogP contribution is -2.02. The zero-order valence-corrected chi connectivity index (χ0v) is 35.1. The van der Waals surface area contributed by atoms with E-state index < -0.39 is 0 Å². The maximum absolute atomic E-state index is 6.79. The third-order valence-electron chi connectivity index (χ3n) is 10.4. The van der Waals surface area contributed by atoms with Gasteiger partial charge in [0.15, 0.2) is 23.3 Å². The predicted molar refractivity (Wildman–Crippen MR) is 232 cm³/mol. The Morgan fingerprint density at radius 3 is 1.41 bits per heavy atom. The second kappa shape index (κ2) is 15.4. The molecule has 7 aromatic rings. The molecule has 0 unspecified atom stereocenters. The highest BCUT2D eigenvalue weighted by molar-refractivity contribution is 6.25. The predicted octanol–water partition coefficient (Wildman–Crippen LogP) is 12.7. The third-order valence-corrected chi connectivity index (χ3v) is 12.6. The third kappa shape index (κ3) is 5.78. The molecule has 0 spiro atoms. The molecule has 1 N–H and O–H groups in total. The summed E-state index contributed by atoms with van der Waals surface area (Å²) in [5.41, 5.74) is 10.4. The Morgan fingerprint density at radius 1 is 0.446 bits per heavy atom. The molecule has 2 aliphatic rings. The van der Waals surface area contributed by atoms with Crippen LogP contribution in [0.1, 0.15) is 38.9 Å². The Bertz CT molecular complexity index is 2940. The van der Waals surface area contributed by atoms with Gasteiger partial charge in [0.05, 0.1) is 0 Å². The van der Waals surface area contributed by atoms with Crippen LogP contribution in [0.25, 0.3) is 89.7 Å². The van der Waals surface area contributed by atoms with Crippen molar-refractivity contribution < 1.29 is 0 Å². The molecule has 0 atom stereocenters. The summed E-state index contributed by atoms with van der Waals surface area (Å²) < 4.78 is 1.85. The fourth-order valence-electron chi connectivity index (χ4n) is 7.90. The molecule has 282 valence electrons. The summed E-state index contributed by atoms with van der Waals surface area (Å²) >= 11 is 53.5. The maximum Gasteiger partial charge on any atom is 0.165 e. The maximum atomic E-state index is 6.79. The van der Waals surface area contributed by atoms with E-state index in [-0.39, 0.29) is 47.2 Å². The highest BCUT2D eigenvalue weighted by Gasteiger charge is 2.29. The van der Waals surface area contributed by atoms with Gasteiger partial charge in [-0.1, -0.05) is 48.5 Å². The zero-order chi connectivity index (χ0) is 38.8. The van der Waals surface area contributed by atoms with Crippen molar-refractivity contribution in [3.63, 3.8) is 0 Å². The first kappa shape index (κ1) is 38.1. The van der Waals surface area contributed by atoms with Crippen LogP contribution in [0, 0.1) is 0 Å². The van der Waals surface area contributed by atoms with Gasteiger partial charge in [0.2, 0.25) is 0 Å². The van der Waals surface area contributed by atoms with Crippen LogP contribution in [-0.2, 0) is 47.2 Å². The van der Waals surface area contributed by atoms with E-state index in [1.807, 2.05) is 59.2 Å². The van der Waals surface area contributed by atoms with Gasteiger partial charge in [-0.25, -0.2) is 29.9 Å². The van der Waals surface area contributed by atoms with Gasteiger partial charge in [-0.3, -0.25) is 4.57 Å². The van der Waals surface area contributed by atoms with Gasteiger partial charge in [-0.15, -0.1) is 92.8 Å². The lowest BCUT2D eigenvalue weighted by Gasteiger charge is -2.16. The van der Waals surface area contributed by atoms with E-state index in [2.05, 4.69) is 4.98 Å². The highest BCUT2D eigenvalue weighted by atomic mass is 35.5. The van der Waals surface area contributed by atoms with Crippen molar-refractivity contribution in [2.75, 3.05) is 0 Å². The molecule has 0 fully saturated rings. The van der Waals surface area contributed by atoms with Crippen LogP contribution in [-0.4, -0.2) is 39.5 Å². The number of aromatic nitrogens is 8. The standard InChI is InChI=1S/C40H26Cl8N8/c41-10-18-9-23-30(27(14-45)24(18)11-42)36-51-35(23)55-40-22-8-4-3-7-21(22)39(56(40)17-48)54-34-20-6-2-1-5-19(20)33(49-34)50-37-31-28(15-46)25(12-43)26(13-44)29(16-47)32(31)38(52-36)53-37/h1-9H,10-17H2,(H,49,50,51,52,53,54,55). The van der Waals surface area contributed by atoms with Crippen LogP contribution in [0.3, 0.4) is 0 Å². The minimum absolute atomic E-state index is 0.0393. The molecule has 9 rings (SSSR count). The molecule has 3 aromatic heterocycles. The van der Waals surface area contributed by atoms with E-state index in [0.29, 0.717) is 67.8 Å². The topological polar surface area (TPSA) is 98.1 Å². The molecule has 0 saturated carbocycles. The van der Waals surface area contributed by atoms with E-state index in [1.54, 1.807) is 0 Å². The van der Waals surface area contributed by atoms with Crippen molar-refractivity contribution in [2.45, 2.75) is 47.2 Å². The molecule has 5 heterocycles. The molecule has 2 aliphatic heterocycles. The molecule has 8 nitrogen and oxygen atoms in total. The lowest BCUT2D eigenvalue weighted by atomic mass is 9.93. The Kier molecular flexibility index (Phi) is 10.5. The van der Waals surface area contributed by atoms with Gasteiger partial charge in [-0.05, 0) is 45.0 Å². The summed E-state index contributed by atoms with van der Waals surface area (Å²) in [6.07, 6.45) is 0. The smallest absolute Gasteiger partial charge is 0.165 e. The molecule has 8 bridgehead atoms. The number of alkyl halides is 8. The largest absolute Gasteiger partial charge is 0.324 e. The Balaban J connectivity index is 1.58. The van der Waals surface area contributed by atoms with E-state index >= 15 is 0 Å². The number of benzene rings is 4. The number of rotatable bonds is 8. The molecule has 0 radical (unpaired) electrons. The summed E-state index contributed by atoms with van der Waals surface area (Å²) in [7, 11) is 0. The molecular weight excluding hydrogens is 876 g/mol. The fourth-order valence-corrected chi connectivity index (χ4v) is 10.2. The Morgan fingerprint density at radius 2 is 0.911 bits per heavy atom. The van der Waals surface area contributed by atoms with Gasteiger partial charge >= 0.3 is 0 Å². The number of halogens is 8. The summed E-state index contributed by atoms with van der Waals surface area (Å²) in [6, 6.07) is 17.7. The number of nitrogens with one attached hydrogen (secondary N) is 1. The van der Waals surface area contributed by atoms with Crippen LogP contribution >= 0.6 is 92.8 Å². The Labute approximate surface area is 360 Å². The second-order valence-electron chi connectivity index (χ2n) is 13.1. The van der Waals surface area contributed by atoms with Crippen LogP contribution in [0.5, 0.6) is 0 Å². The SMILES string of the molecule is ClCc1cc2c(c(CCl)c1CCl)-c1nc-2nc2c3ccccc3c(nc3nc(nc4[nH]c(n1)c1c(CCl)c(CCl)c(CCl)c(CCl)c41)-c1ccccc1-3)n2CCl. The number of hydrogen-bond acceptors (Lipinski definition) is 6. The minimum Gasteiger partial charge on any atom is -0.324 e. The number of hydrogen-bond donors (Lipinski definition) is 1. The van der Waals surface area contributed by atoms with Gasteiger partial charge in [-0.2, -0.15) is 0 Å². The van der Waals surface area contributed by atoms with Gasteiger partial charge in [0.25, 0.3) is 0 Å². The number of H-pyrrole nitrogens is 1. The van der Waals surface area contributed by atoms with Gasteiger partial charge in [0.1, 0.15) is 28.6 Å². The van der Waals surface area contributed by atoms with Crippen LogP contribution in [0.2, 0.25) is 0 Å². The summed E-state index contributed by atoms with van der Waals surface area (Å²) in [5.74, 6) is 2.64. The minimum atomic E-state index is 0.0393. The highest BCUT2D eigenvalue weighted by Crippen LogP contribution is 2.44. The first-order valence-corrected chi connectivity index (χ1v) is 21.6. The first-order chi connectivity index (χ1) is 27.4. The first-order valence-electron chi connectivity index (χ1n) is 17.3. The van der Waals surface area contributed by atoms with E-state index in [1.165, 1.54) is 0 Å². The van der Waals surface area contributed by atoms with E-state index in [9.17, 15) is 0 Å². The van der Waals surface area contributed by atoms with Crippen molar-refractivity contribution in [3.8, 4) is 45.6 Å². The summed E-state index contributed by atoms with van der Waals surface area (Å²) in [4.78, 5) is 34.6. The average Bonchev–Trinajstić information content (AvgIpc) is 3.96. The zero-order valence-electron chi connectivity index (χ0n) is 29.0. The number of aromatic amines is 1. The number of fused-ring (bicyclic) bond motifs is 20. The van der Waals surface area contributed by atoms with Crippen LogP contribution in [0.15, 0.2) is 54.6 Å². The molecule has 4 aromatic carbocycles. The summed E-state index contributed by atoms with van der Waals surface area (Å²) in [6.45, 7) is 0. The van der Waals surface area contributed by atoms with Crippen molar-refractivity contribution in [3.05, 3.63) is 93.5 Å². The fraction of sp³-hybridized carbons (Fsp3) is 0.200. The molecular formula is C40H26Cl8N8. The van der Waals surface area contributed by atoms with Gasteiger partial charge < -0.3 is 4.98 Å². The quantitative estimate of drug-likeness (QED) is 0.153. The summed E-state index contributed by atoms with van der Waals surface area (Å²) in [5, 5.41) is 3.04. The lowest BCUT2D eigenvalue weighted by molar-refractivity contribution is 0.934. The molecule has 0 saturated heterocycles. The average molecular weight is 902 g/mol. The van der Waals surface area contributed by atoms with Crippen molar-refractivity contribution in [1.82, 2.24) is 39.5 Å². The van der Waals surface area contributed by atoms with Crippen LogP contribution < -0.4 is 0 Å². The van der Waals surface area contributed by atoms with Crippen molar-refractivity contribution in [1.29, 1.82) is 0 Å². The monoisotopic (exact) mass is 898 g/mol. The number of nitrogens with zero attached hydrogens (tertiary/aromatic N) is 7. The van der Waals surface area contributed by atoms with Crippen LogP contribution in [0.4, 0.5) is 0 Å².